The highest BCUT2D eigenvalue weighted by molar-refractivity contribution is 5.92. The first-order valence-electron chi connectivity index (χ1n) is 5.51. The van der Waals surface area contributed by atoms with Gasteiger partial charge < -0.3 is 15.4 Å². The zero-order valence-electron chi connectivity index (χ0n) is 10.0. The van der Waals surface area contributed by atoms with Gasteiger partial charge in [0.1, 0.15) is 11.6 Å². The number of halogens is 1. The Bertz CT molecular complexity index is 383. The van der Waals surface area contributed by atoms with Gasteiger partial charge in [-0.3, -0.25) is 4.79 Å². The van der Waals surface area contributed by atoms with Crippen molar-refractivity contribution in [1.82, 2.24) is 5.32 Å². The van der Waals surface area contributed by atoms with Gasteiger partial charge in [0.25, 0.3) is 0 Å². The van der Waals surface area contributed by atoms with Gasteiger partial charge in [-0.25, -0.2) is 4.39 Å². The van der Waals surface area contributed by atoms with Gasteiger partial charge in [-0.1, -0.05) is 6.92 Å². The summed E-state index contributed by atoms with van der Waals surface area (Å²) >= 11 is 0. The first-order chi connectivity index (χ1) is 8.17. The smallest absolute Gasteiger partial charge is 0.225 e. The molecule has 0 bridgehead atoms. The number of methoxy groups -OCH3 is 1. The molecule has 1 rings (SSSR count). The van der Waals surface area contributed by atoms with Crippen LogP contribution < -0.4 is 15.4 Å². The second-order valence-corrected chi connectivity index (χ2v) is 3.50. The highest BCUT2D eigenvalue weighted by Crippen LogP contribution is 2.24. The molecule has 0 spiro atoms. The summed E-state index contributed by atoms with van der Waals surface area (Å²) in [5, 5.41) is 5.73. The van der Waals surface area contributed by atoms with E-state index in [2.05, 4.69) is 10.6 Å². The first-order valence-corrected chi connectivity index (χ1v) is 5.51. The molecule has 0 aliphatic heterocycles. The van der Waals surface area contributed by atoms with Gasteiger partial charge in [0.2, 0.25) is 5.91 Å². The third kappa shape index (κ3) is 4.40. The molecule has 0 aliphatic carbocycles. The number of benzene rings is 1. The van der Waals surface area contributed by atoms with Gasteiger partial charge in [0.15, 0.2) is 0 Å². The van der Waals surface area contributed by atoms with E-state index in [-0.39, 0.29) is 5.91 Å². The lowest BCUT2D eigenvalue weighted by Gasteiger charge is -2.10. The number of amides is 1. The molecule has 0 saturated heterocycles. The Morgan fingerprint density at radius 1 is 1.47 bits per heavy atom. The van der Waals surface area contributed by atoms with E-state index < -0.39 is 5.82 Å². The average Bonchev–Trinajstić information content (AvgIpc) is 2.32. The molecule has 94 valence electrons. The van der Waals surface area contributed by atoms with Crippen LogP contribution in [0.3, 0.4) is 0 Å². The molecule has 1 aromatic rings. The van der Waals surface area contributed by atoms with Gasteiger partial charge in [-0.15, -0.1) is 0 Å². The van der Waals surface area contributed by atoms with Crippen LogP contribution in [0.2, 0.25) is 0 Å². The summed E-state index contributed by atoms with van der Waals surface area (Å²) in [7, 11) is 1.43. The highest BCUT2D eigenvalue weighted by atomic mass is 19.1. The Balaban J connectivity index is 2.58. The fraction of sp³-hybridized carbons (Fsp3) is 0.417. The number of carbonyl (C=O) groups excluding carboxylic acids is 1. The Kier molecular flexibility index (Phi) is 5.42. The number of hydrogen-bond donors (Lipinski definition) is 2. The second-order valence-electron chi connectivity index (χ2n) is 3.50. The predicted molar refractivity (Wildman–Crippen MR) is 64.7 cm³/mol. The first kappa shape index (κ1) is 13.4. The van der Waals surface area contributed by atoms with Crippen molar-refractivity contribution in [2.24, 2.45) is 0 Å². The number of hydrogen-bond acceptors (Lipinski definition) is 3. The molecule has 1 aromatic carbocycles. The van der Waals surface area contributed by atoms with Gasteiger partial charge in [-0.2, -0.15) is 0 Å². The second kappa shape index (κ2) is 6.85. The Labute approximate surface area is 100 Å². The highest BCUT2D eigenvalue weighted by Gasteiger charge is 2.08. The molecule has 0 aliphatic rings. The summed E-state index contributed by atoms with van der Waals surface area (Å²) in [5.74, 6) is -0.204. The van der Waals surface area contributed by atoms with Crippen LogP contribution in [0.25, 0.3) is 0 Å². The zero-order chi connectivity index (χ0) is 12.7. The number of rotatable bonds is 6. The number of nitrogens with one attached hydrogen (secondary N) is 2. The summed E-state index contributed by atoms with van der Waals surface area (Å²) in [6.07, 6.45) is 0.369. The minimum absolute atomic E-state index is 0.129. The Morgan fingerprint density at radius 3 is 2.88 bits per heavy atom. The quantitative estimate of drug-likeness (QED) is 0.745. The van der Waals surface area contributed by atoms with Crippen molar-refractivity contribution >= 4 is 11.6 Å². The minimum Gasteiger partial charge on any atom is -0.494 e. The molecule has 0 radical (unpaired) electrons. The largest absolute Gasteiger partial charge is 0.494 e. The van der Waals surface area contributed by atoms with Crippen molar-refractivity contribution in [2.75, 3.05) is 25.5 Å². The van der Waals surface area contributed by atoms with Crippen LogP contribution in [0.1, 0.15) is 13.3 Å². The lowest BCUT2D eigenvalue weighted by Crippen LogP contribution is -2.21. The number of anilines is 1. The van der Waals surface area contributed by atoms with Crippen LogP contribution in [-0.4, -0.2) is 26.1 Å². The summed E-state index contributed by atoms with van der Waals surface area (Å²) in [4.78, 5) is 11.5. The van der Waals surface area contributed by atoms with E-state index in [4.69, 9.17) is 4.74 Å². The maximum absolute atomic E-state index is 12.9. The van der Waals surface area contributed by atoms with Crippen LogP contribution >= 0.6 is 0 Å². The standard InChI is InChI=1S/C12H17FN2O2/c1-3-14-7-6-12(16)15-10-5-4-9(13)8-11(10)17-2/h4-5,8,14H,3,6-7H2,1-2H3,(H,15,16). The van der Waals surface area contributed by atoms with Crippen LogP contribution in [0.5, 0.6) is 5.75 Å². The van der Waals surface area contributed by atoms with Crippen molar-refractivity contribution in [1.29, 1.82) is 0 Å². The molecule has 4 nitrogen and oxygen atoms in total. The summed E-state index contributed by atoms with van der Waals surface area (Å²) < 4.78 is 17.9. The molecule has 0 atom stereocenters. The molecule has 5 heteroatoms. The number of carbonyl (C=O) groups is 1. The van der Waals surface area contributed by atoms with Gasteiger partial charge in [0.05, 0.1) is 12.8 Å². The third-order valence-corrected chi connectivity index (χ3v) is 2.22. The van der Waals surface area contributed by atoms with E-state index in [0.717, 1.165) is 6.54 Å². The molecule has 0 unspecified atom stereocenters. The van der Waals surface area contributed by atoms with Crippen molar-refractivity contribution in [3.8, 4) is 5.75 Å². The maximum Gasteiger partial charge on any atom is 0.225 e. The van der Waals surface area contributed by atoms with Crippen molar-refractivity contribution in [3.05, 3.63) is 24.0 Å². The average molecular weight is 240 g/mol. The molecule has 0 heterocycles. The molecule has 17 heavy (non-hydrogen) atoms. The number of ether oxygens (including phenoxy) is 1. The Morgan fingerprint density at radius 2 is 2.24 bits per heavy atom. The summed E-state index contributed by atoms with van der Waals surface area (Å²) in [6.45, 7) is 3.42. The minimum atomic E-state index is -0.396. The van der Waals surface area contributed by atoms with Crippen molar-refractivity contribution < 1.29 is 13.9 Å². The van der Waals surface area contributed by atoms with Crippen LogP contribution in [0.15, 0.2) is 18.2 Å². The van der Waals surface area contributed by atoms with Crippen LogP contribution in [0.4, 0.5) is 10.1 Å². The van der Waals surface area contributed by atoms with Crippen LogP contribution in [0, 0.1) is 5.82 Å². The normalized spacial score (nSPS) is 10.1. The molecular weight excluding hydrogens is 223 g/mol. The maximum atomic E-state index is 12.9. The molecule has 0 fully saturated rings. The van der Waals surface area contributed by atoms with Crippen molar-refractivity contribution in [3.63, 3.8) is 0 Å². The lowest BCUT2D eigenvalue weighted by molar-refractivity contribution is -0.116. The fourth-order valence-corrected chi connectivity index (χ4v) is 1.36. The van der Waals surface area contributed by atoms with E-state index in [1.54, 1.807) is 0 Å². The van der Waals surface area contributed by atoms with E-state index in [1.165, 1.54) is 25.3 Å². The molecule has 0 saturated carbocycles. The lowest BCUT2D eigenvalue weighted by atomic mass is 10.2. The summed E-state index contributed by atoms with van der Waals surface area (Å²) in [5.41, 5.74) is 0.482. The Hall–Kier alpha value is -1.62. The van der Waals surface area contributed by atoms with Gasteiger partial charge in [-0.05, 0) is 18.7 Å². The fourth-order valence-electron chi connectivity index (χ4n) is 1.36. The van der Waals surface area contributed by atoms with E-state index in [1.807, 2.05) is 6.92 Å². The predicted octanol–water partition coefficient (Wildman–Crippen LogP) is 1.77. The van der Waals surface area contributed by atoms with Crippen LogP contribution in [-0.2, 0) is 4.79 Å². The monoisotopic (exact) mass is 240 g/mol. The van der Waals surface area contributed by atoms with E-state index in [0.29, 0.717) is 24.4 Å². The van der Waals surface area contributed by atoms with E-state index in [9.17, 15) is 9.18 Å². The molecule has 2 N–H and O–H groups in total. The van der Waals surface area contributed by atoms with Crippen molar-refractivity contribution in [2.45, 2.75) is 13.3 Å². The van der Waals surface area contributed by atoms with Gasteiger partial charge in [0, 0.05) is 19.0 Å². The molecule has 1 amide bonds. The molecular formula is C12H17FN2O2. The molecule has 0 aromatic heterocycles. The van der Waals surface area contributed by atoms with E-state index >= 15 is 0 Å². The summed E-state index contributed by atoms with van der Waals surface area (Å²) in [6, 6.07) is 4.00. The van der Waals surface area contributed by atoms with Gasteiger partial charge >= 0.3 is 0 Å². The SMILES string of the molecule is CCNCCC(=O)Nc1ccc(F)cc1OC. The third-order valence-electron chi connectivity index (χ3n) is 2.22. The zero-order valence-corrected chi connectivity index (χ0v) is 10.0. The topological polar surface area (TPSA) is 50.4 Å².